The van der Waals surface area contributed by atoms with E-state index in [1.807, 2.05) is 25.1 Å². The number of hydrogen-bond acceptors (Lipinski definition) is 5. The molecule has 1 aromatic carbocycles. The number of ether oxygens (including phenoxy) is 1. The van der Waals surface area contributed by atoms with E-state index < -0.39 is 0 Å². The molecular formula is C11H12IN3O2. The van der Waals surface area contributed by atoms with Gasteiger partial charge in [0.05, 0.1) is 5.56 Å². The Kier molecular flexibility index (Phi) is 3.63. The highest BCUT2D eigenvalue weighted by atomic mass is 127. The maximum absolute atomic E-state index is 5.88. The van der Waals surface area contributed by atoms with E-state index in [9.17, 15) is 0 Å². The van der Waals surface area contributed by atoms with Crippen molar-refractivity contribution < 1.29 is 9.26 Å². The molecule has 0 amide bonds. The Balaban J connectivity index is 2.40. The van der Waals surface area contributed by atoms with Crippen molar-refractivity contribution in [2.24, 2.45) is 0 Å². The third-order valence-corrected chi connectivity index (χ3v) is 3.08. The van der Waals surface area contributed by atoms with Gasteiger partial charge in [0.1, 0.15) is 6.10 Å². The summed E-state index contributed by atoms with van der Waals surface area (Å²) in [5, 5.41) is 3.86. The zero-order valence-corrected chi connectivity index (χ0v) is 11.6. The van der Waals surface area contributed by atoms with Gasteiger partial charge in [0, 0.05) is 16.4 Å². The predicted octanol–water partition coefficient (Wildman–Crippen LogP) is 2.63. The summed E-state index contributed by atoms with van der Waals surface area (Å²) in [7, 11) is 1.60. The molecule has 90 valence electrons. The quantitative estimate of drug-likeness (QED) is 0.684. The van der Waals surface area contributed by atoms with Crippen LogP contribution in [0.1, 0.15) is 18.9 Å². The first-order chi connectivity index (χ1) is 8.11. The van der Waals surface area contributed by atoms with Crippen molar-refractivity contribution in [3.63, 3.8) is 0 Å². The molecule has 0 saturated carbocycles. The average Bonchev–Trinajstić information content (AvgIpc) is 2.80. The van der Waals surface area contributed by atoms with Gasteiger partial charge in [0.2, 0.25) is 5.82 Å². The molecule has 0 aliphatic heterocycles. The minimum atomic E-state index is -0.198. The Morgan fingerprint density at radius 1 is 1.47 bits per heavy atom. The summed E-state index contributed by atoms with van der Waals surface area (Å²) in [5.74, 6) is 0.931. The molecule has 0 spiro atoms. The maximum Gasteiger partial charge on any atom is 0.260 e. The predicted molar refractivity (Wildman–Crippen MR) is 72.3 cm³/mol. The van der Waals surface area contributed by atoms with Crippen LogP contribution in [0, 0.1) is 3.57 Å². The standard InChI is InChI=1S/C11H12IN3O2/c1-6(16-2)10-14-11(17-15-10)8-5-7(12)3-4-9(8)13/h3-6H,13H2,1-2H3. The molecule has 5 nitrogen and oxygen atoms in total. The van der Waals surface area contributed by atoms with E-state index in [4.69, 9.17) is 15.0 Å². The number of anilines is 1. The van der Waals surface area contributed by atoms with Crippen LogP contribution in [0.5, 0.6) is 0 Å². The van der Waals surface area contributed by atoms with E-state index in [0.717, 1.165) is 9.13 Å². The van der Waals surface area contributed by atoms with Crippen molar-refractivity contribution in [1.29, 1.82) is 0 Å². The lowest BCUT2D eigenvalue weighted by Crippen LogP contribution is -1.98. The molecule has 1 aromatic heterocycles. The number of aromatic nitrogens is 2. The Bertz CT molecular complexity index is 527. The number of nitrogens with two attached hydrogens (primary N) is 1. The monoisotopic (exact) mass is 345 g/mol. The van der Waals surface area contributed by atoms with E-state index in [1.165, 1.54) is 0 Å². The van der Waals surface area contributed by atoms with E-state index in [1.54, 1.807) is 7.11 Å². The molecule has 0 saturated heterocycles. The second kappa shape index (κ2) is 5.01. The fourth-order valence-corrected chi connectivity index (χ4v) is 1.82. The number of methoxy groups -OCH3 is 1. The Morgan fingerprint density at radius 3 is 2.94 bits per heavy atom. The van der Waals surface area contributed by atoms with Gasteiger partial charge in [0.15, 0.2) is 0 Å². The van der Waals surface area contributed by atoms with Crippen molar-refractivity contribution in [2.45, 2.75) is 13.0 Å². The zero-order valence-electron chi connectivity index (χ0n) is 9.48. The van der Waals surface area contributed by atoms with Crippen LogP contribution in [0.4, 0.5) is 5.69 Å². The second-order valence-electron chi connectivity index (χ2n) is 3.57. The Morgan fingerprint density at radius 2 is 2.24 bits per heavy atom. The third kappa shape index (κ3) is 2.58. The first-order valence-electron chi connectivity index (χ1n) is 5.03. The lowest BCUT2D eigenvalue weighted by molar-refractivity contribution is 0.109. The van der Waals surface area contributed by atoms with Crippen LogP contribution < -0.4 is 5.73 Å². The van der Waals surface area contributed by atoms with Crippen molar-refractivity contribution in [1.82, 2.24) is 10.1 Å². The molecule has 2 rings (SSSR count). The molecule has 2 aromatic rings. The smallest absolute Gasteiger partial charge is 0.260 e. The summed E-state index contributed by atoms with van der Waals surface area (Å²) >= 11 is 2.21. The van der Waals surface area contributed by atoms with Crippen molar-refractivity contribution in [3.8, 4) is 11.5 Å². The summed E-state index contributed by atoms with van der Waals surface area (Å²) in [6, 6.07) is 5.65. The first-order valence-corrected chi connectivity index (χ1v) is 6.11. The van der Waals surface area contributed by atoms with Crippen molar-refractivity contribution >= 4 is 28.3 Å². The SMILES string of the molecule is COC(C)c1noc(-c2cc(I)ccc2N)n1. The van der Waals surface area contributed by atoms with E-state index in [-0.39, 0.29) is 6.10 Å². The van der Waals surface area contributed by atoms with Crippen LogP contribution in [0.15, 0.2) is 22.7 Å². The summed E-state index contributed by atoms with van der Waals surface area (Å²) in [5.41, 5.74) is 7.24. The molecule has 2 N–H and O–H groups in total. The van der Waals surface area contributed by atoms with Gasteiger partial charge in [-0.05, 0) is 47.7 Å². The van der Waals surface area contributed by atoms with E-state index in [0.29, 0.717) is 17.4 Å². The van der Waals surface area contributed by atoms with Gasteiger partial charge in [-0.1, -0.05) is 5.16 Å². The highest BCUT2D eigenvalue weighted by Gasteiger charge is 2.15. The number of benzene rings is 1. The number of nitrogens with zero attached hydrogens (tertiary/aromatic N) is 2. The number of rotatable bonds is 3. The number of hydrogen-bond donors (Lipinski definition) is 1. The topological polar surface area (TPSA) is 74.2 Å². The molecule has 17 heavy (non-hydrogen) atoms. The fraction of sp³-hybridized carbons (Fsp3) is 0.273. The van der Waals surface area contributed by atoms with Gasteiger partial charge in [-0.15, -0.1) is 0 Å². The van der Waals surface area contributed by atoms with Crippen LogP contribution in [0.2, 0.25) is 0 Å². The van der Waals surface area contributed by atoms with Crippen molar-refractivity contribution in [2.75, 3.05) is 12.8 Å². The van der Waals surface area contributed by atoms with E-state index >= 15 is 0 Å². The summed E-state index contributed by atoms with van der Waals surface area (Å²) < 4.78 is 11.4. The average molecular weight is 345 g/mol. The number of nitrogen functional groups attached to an aromatic ring is 1. The van der Waals surface area contributed by atoms with Crippen LogP contribution in [-0.2, 0) is 4.74 Å². The molecule has 6 heteroatoms. The van der Waals surface area contributed by atoms with Crippen molar-refractivity contribution in [3.05, 3.63) is 27.6 Å². The minimum Gasteiger partial charge on any atom is -0.398 e. The molecule has 0 aliphatic carbocycles. The molecule has 0 radical (unpaired) electrons. The fourth-order valence-electron chi connectivity index (χ4n) is 1.33. The highest BCUT2D eigenvalue weighted by Crippen LogP contribution is 2.27. The number of halogens is 1. The molecule has 0 bridgehead atoms. The molecule has 0 aliphatic rings. The van der Waals surface area contributed by atoms with Gasteiger partial charge in [-0.3, -0.25) is 0 Å². The molecule has 1 heterocycles. The van der Waals surface area contributed by atoms with Crippen LogP contribution in [0.25, 0.3) is 11.5 Å². The first kappa shape index (κ1) is 12.3. The molecule has 1 unspecified atom stereocenters. The van der Waals surface area contributed by atoms with Gasteiger partial charge >= 0.3 is 0 Å². The van der Waals surface area contributed by atoms with Crippen LogP contribution in [-0.4, -0.2) is 17.3 Å². The summed E-state index contributed by atoms with van der Waals surface area (Å²) in [4.78, 5) is 4.27. The Hall–Kier alpha value is -1.15. The Labute approximate surface area is 112 Å². The molecule has 1 atom stereocenters. The summed E-state index contributed by atoms with van der Waals surface area (Å²) in [6.45, 7) is 1.85. The van der Waals surface area contributed by atoms with Gasteiger partial charge < -0.3 is 15.0 Å². The highest BCUT2D eigenvalue weighted by molar-refractivity contribution is 14.1. The van der Waals surface area contributed by atoms with E-state index in [2.05, 4.69) is 32.7 Å². The van der Waals surface area contributed by atoms with Crippen LogP contribution >= 0.6 is 22.6 Å². The largest absolute Gasteiger partial charge is 0.398 e. The van der Waals surface area contributed by atoms with Gasteiger partial charge in [-0.2, -0.15) is 4.98 Å². The lowest BCUT2D eigenvalue weighted by Gasteiger charge is -2.02. The minimum absolute atomic E-state index is 0.198. The molecule has 0 fully saturated rings. The normalized spacial score (nSPS) is 12.6. The summed E-state index contributed by atoms with van der Waals surface area (Å²) in [6.07, 6.45) is -0.198. The van der Waals surface area contributed by atoms with Gasteiger partial charge in [0.25, 0.3) is 5.89 Å². The van der Waals surface area contributed by atoms with Gasteiger partial charge in [-0.25, -0.2) is 0 Å². The third-order valence-electron chi connectivity index (χ3n) is 2.40. The lowest BCUT2D eigenvalue weighted by atomic mass is 10.2. The van der Waals surface area contributed by atoms with Crippen LogP contribution in [0.3, 0.4) is 0 Å². The maximum atomic E-state index is 5.88. The second-order valence-corrected chi connectivity index (χ2v) is 4.81. The zero-order chi connectivity index (χ0) is 12.4. The molecular weight excluding hydrogens is 333 g/mol.